The first kappa shape index (κ1) is 25.4. The highest BCUT2D eigenvalue weighted by Gasteiger charge is 2.50. The van der Waals surface area contributed by atoms with Crippen LogP contribution in [0, 0.1) is 35.5 Å². The topological polar surface area (TPSA) is 65.1 Å². The third kappa shape index (κ3) is 6.22. The second-order valence-electron chi connectivity index (χ2n) is 9.26. The molecule has 7 heteroatoms. The van der Waals surface area contributed by atoms with Crippen molar-refractivity contribution >= 4 is 20.6 Å². The zero-order valence-electron chi connectivity index (χ0n) is 20.2. The molecule has 0 radical (unpaired) electrons. The van der Waals surface area contributed by atoms with Gasteiger partial charge in [0.2, 0.25) is 11.8 Å². The average Bonchev–Trinajstić information content (AvgIpc) is 3.03. The Morgan fingerprint density at radius 2 is 1.41 bits per heavy atom. The van der Waals surface area contributed by atoms with Crippen LogP contribution in [0.15, 0.2) is 0 Å². The molecule has 3 unspecified atom stereocenters. The van der Waals surface area contributed by atoms with Gasteiger partial charge in [0.15, 0.2) is 0 Å². The van der Waals surface area contributed by atoms with E-state index < -0.39 is 8.80 Å². The Hall–Kier alpha value is -1.20. The molecule has 0 aromatic carbocycles. The lowest BCUT2D eigenvalue weighted by atomic mass is 9.75. The number of imide groups is 1. The Morgan fingerprint density at radius 3 is 2.03 bits per heavy atom. The predicted octanol–water partition coefficient (Wildman–Crippen LogP) is 4.41. The molecule has 0 spiro atoms. The number of carbonyl (C=O) groups excluding carboxylic acids is 2. The minimum atomic E-state index is -2.76. The van der Waals surface area contributed by atoms with Gasteiger partial charge in [-0.2, -0.15) is 0 Å². The summed E-state index contributed by atoms with van der Waals surface area (Å²) in [6, 6.07) is 0.615. The maximum atomic E-state index is 13.1. The van der Waals surface area contributed by atoms with Gasteiger partial charge in [0.05, 0.1) is 11.8 Å². The van der Waals surface area contributed by atoms with Crippen molar-refractivity contribution in [2.75, 3.05) is 26.4 Å². The van der Waals surface area contributed by atoms with E-state index in [1.165, 1.54) is 37.0 Å². The first-order chi connectivity index (χ1) is 15.5. The monoisotopic (exact) mass is 463 g/mol. The summed E-state index contributed by atoms with van der Waals surface area (Å²) < 4.78 is 17.7. The average molecular weight is 464 g/mol. The molecule has 3 rings (SSSR count). The molecule has 2 aliphatic carbocycles. The normalized spacial score (nSPS) is 26.7. The van der Waals surface area contributed by atoms with E-state index in [0.717, 1.165) is 19.3 Å². The summed E-state index contributed by atoms with van der Waals surface area (Å²) in [5.74, 6) is 7.44. The van der Waals surface area contributed by atoms with Gasteiger partial charge < -0.3 is 13.3 Å². The van der Waals surface area contributed by atoms with E-state index in [9.17, 15) is 9.59 Å². The van der Waals surface area contributed by atoms with E-state index in [1.54, 1.807) is 0 Å². The molecule has 3 aliphatic rings. The van der Waals surface area contributed by atoms with Crippen molar-refractivity contribution in [3.05, 3.63) is 0 Å². The van der Waals surface area contributed by atoms with Crippen molar-refractivity contribution < 1.29 is 22.9 Å². The van der Waals surface area contributed by atoms with Crippen LogP contribution in [-0.2, 0) is 22.9 Å². The third-order valence-corrected chi connectivity index (χ3v) is 10.2. The van der Waals surface area contributed by atoms with Gasteiger partial charge in [0.1, 0.15) is 0 Å². The molecule has 180 valence electrons. The number of fused-ring (bicyclic) bond motifs is 1. The predicted molar refractivity (Wildman–Crippen MR) is 125 cm³/mol. The largest absolute Gasteiger partial charge is 0.500 e. The Bertz CT molecular complexity index is 679. The van der Waals surface area contributed by atoms with Gasteiger partial charge in [-0.15, -0.1) is 0 Å². The molecule has 1 heterocycles. The molecule has 0 aromatic rings. The Labute approximate surface area is 195 Å². The Kier molecular flexibility index (Phi) is 9.78. The van der Waals surface area contributed by atoms with Gasteiger partial charge >= 0.3 is 8.80 Å². The maximum absolute atomic E-state index is 13.1. The molecule has 3 atom stereocenters. The standard InChI is InChI=1S/C25H41NO5Si/c1-4-29-32(30-5-2,31-6-3)18-10-17-26-24(27)22-16-15-21(19-23(22)25(26)28)14-13-20-11-8-7-9-12-20/h20-23H,4-12,15-19H2,1-3H3. The molecular weight excluding hydrogens is 422 g/mol. The quantitative estimate of drug-likeness (QED) is 0.273. The molecule has 1 aliphatic heterocycles. The van der Waals surface area contributed by atoms with Gasteiger partial charge in [-0.05, 0) is 59.3 Å². The van der Waals surface area contributed by atoms with Crippen LogP contribution in [0.3, 0.4) is 0 Å². The fraction of sp³-hybridized carbons (Fsp3) is 0.840. The number of amides is 2. The van der Waals surface area contributed by atoms with Gasteiger partial charge in [-0.1, -0.05) is 31.1 Å². The first-order valence-electron chi connectivity index (χ1n) is 12.8. The van der Waals surface area contributed by atoms with Crippen LogP contribution in [0.2, 0.25) is 6.04 Å². The second-order valence-corrected chi connectivity index (χ2v) is 12.0. The Balaban J connectivity index is 1.55. The van der Waals surface area contributed by atoms with Crippen LogP contribution in [0.5, 0.6) is 0 Å². The van der Waals surface area contributed by atoms with Crippen molar-refractivity contribution in [2.45, 2.75) is 84.6 Å². The lowest BCUT2D eigenvalue weighted by Crippen LogP contribution is -2.46. The summed E-state index contributed by atoms with van der Waals surface area (Å²) in [6.45, 7) is 7.82. The zero-order valence-corrected chi connectivity index (χ0v) is 21.2. The number of hydrogen-bond acceptors (Lipinski definition) is 5. The fourth-order valence-electron chi connectivity index (χ4n) is 5.54. The van der Waals surface area contributed by atoms with Crippen molar-refractivity contribution in [1.82, 2.24) is 4.90 Å². The third-order valence-electron chi connectivity index (χ3n) is 7.07. The number of likely N-dealkylation sites (tertiary alicyclic amines) is 1. The van der Waals surface area contributed by atoms with Crippen LogP contribution in [0.4, 0.5) is 0 Å². The first-order valence-corrected chi connectivity index (χ1v) is 14.7. The summed E-state index contributed by atoms with van der Waals surface area (Å²) in [7, 11) is -2.76. The van der Waals surface area contributed by atoms with Gasteiger partial charge in [0.25, 0.3) is 0 Å². The van der Waals surface area contributed by atoms with E-state index in [2.05, 4.69) is 11.8 Å². The molecule has 0 N–H and O–H groups in total. The number of rotatable bonds is 10. The van der Waals surface area contributed by atoms with Crippen molar-refractivity contribution in [3.8, 4) is 11.8 Å². The van der Waals surface area contributed by atoms with E-state index in [4.69, 9.17) is 13.3 Å². The lowest BCUT2D eigenvalue weighted by Gasteiger charge is -2.29. The number of nitrogens with zero attached hydrogens (tertiary/aromatic N) is 1. The van der Waals surface area contributed by atoms with E-state index in [1.807, 2.05) is 20.8 Å². The van der Waals surface area contributed by atoms with Crippen molar-refractivity contribution in [2.24, 2.45) is 23.7 Å². The fourth-order valence-corrected chi connectivity index (χ4v) is 8.13. The van der Waals surface area contributed by atoms with Gasteiger partial charge in [-0.25, -0.2) is 0 Å². The highest BCUT2D eigenvalue weighted by Crippen LogP contribution is 2.41. The smallest absolute Gasteiger partial charge is 0.374 e. The van der Waals surface area contributed by atoms with Crippen LogP contribution in [-0.4, -0.2) is 51.9 Å². The molecule has 0 aromatic heterocycles. The van der Waals surface area contributed by atoms with Crippen molar-refractivity contribution in [3.63, 3.8) is 0 Å². The van der Waals surface area contributed by atoms with Crippen LogP contribution in [0.1, 0.15) is 78.6 Å². The number of carbonyl (C=O) groups is 2. The maximum Gasteiger partial charge on any atom is 0.500 e. The minimum Gasteiger partial charge on any atom is -0.374 e. The van der Waals surface area contributed by atoms with E-state index >= 15 is 0 Å². The van der Waals surface area contributed by atoms with Gasteiger partial charge in [-0.3, -0.25) is 14.5 Å². The zero-order chi connectivity index (χ0) is 23.0. The molecule has 3 fully saturated rings. The molecule has 2 saturated carbocycles. The van der Waals surface area contributed by atoms with E-state index in [0.29, 0.717) is 44.7 Å². The molecule has 32 heavy (non-hydrogen) atoms. The summed E-state index contributed by atoms with van der Waals surface area (Å²) in [5, 5.41) is 0. The highest BCUT2D eigenvalue weighted by molar-refractivity contribution is 6.60. The summed E-state index contributed by atoms with van der Waals surface area (Å²) >= 11 is 0. The van der Waals surface area contributed by atoms with Crippen LogP contribution < -0.4 is 0 Å². The van der Waals surface area contributed by atoms with Crippen molar-refractivity contribution in [1.29, 1.82) is 0 Å². The molecule has 0 bridgehead atoms. The number of hydrogen-bond donors (Lipinski definition) is 0. The molecule has 1 saturated heterocycles. The molecular formula is C25H41NO5Si. The summed E-state index contributed by atoms with van der Waals surface area (Å²) in [5.41, 5.74) is 0. The van der Waals surface area contributed by atoms with Crippen LogP contribution in [0.25, 0.3) is 0 Å². The Morgan fingerprint density at radius 1 is 0.812 bits per heavy atom. The lowest BCUT2D eigenvalue weighted by molar-refractivity contribution is -0.140. The summed E-state index contributed by atoms with van der Waals surface area (Å²) in [4.78, 5) is 27.6. The molecule has 6 nitrogen and oxygen atoms in total. The summed E-state index contributed by atoms with van der Waals surface area (Å²) in [6.07, 6.45) is 9.44. The van der Waals surface area contributed by atoms with Gasteiger partial charge in [0, 0.05) is 44.2 Å². The van der Waals surface area contributed by atoms with E-state index in [-0.39, 0.29) is 29.6 Å². The second kappa shape index (κ2) is 12.3. The SMILES string of the molecule is CCO[Si](CCCN1C(=O)C2CCC(C#CC3CCCCC3)CC2C1=O)(OCC)OCC. The highest BCUT2D eigenvalue weighted by atomic mass is 28.4. The molecule has 2 amide bonds. The van der Waals surface area contributed by atoms with Crippen LogP contribution >= 0.6 is 0 Å². The minimum absolute atomic E-state index is 0.000614.